The SMILES string of the molecule is COCCCCN(Cc1ccccc1)C(=O)Nc1cc(-c2ccccc2)ns1. The van der Waals surface area contributed by atoms with Gasteiger partial charge in [0.25, 0.3) is 0 Å². The number of nitrogens with zero attached hydrogens (tertiary/aromatic N) is 2. The third kappa shape index (κ3) is 5.90. The molecule has 0 aliphatic heterocycles. The minimum Gasteiger partial charge on any atom is -0.385 e. The van der Waals surface area contributed by atoms with E-state index in [9.17, 15) is 4.79 Å². The molecule has 5 nitrogen and oxygen atoms in total. The van der Waals surface area contributed by atoms with Crippen LogP contribution < -0.4 is 5.32 Å². The zero-order valence-electron chi connectivity index (χ0n) is 16.0. The summed E-state index contributed by atoms with van der Waals surface area (Å²) < 4.78 is 9.58. The molecule has 0 radical (unpaired) electrons. The molecule has 0 atom stereocenters. The molecule has 0 aliphatic rings. The van der Waals surface area contributed by atoms with Gasteiger partial charge in [0, 0.05) is 38.4 Å². The summed E-state index contributed by atoms with van der Waals surface area (Å²) >= 11 is 1.30. The lowest BCUT2D eigenvalue weighted by atomic mass is 10.2. The minimum absolute atomic E-state index is 0.107. The predicted molar refractivity (Wildman–Crippen MR) is 115 cm³/mol. The average molecular weight is 396 g/mol. The van der Waals surface area contributed by atoms with E-state index in [2.05, 4.69) is 9.69 Å². The molecule has 3 aromatic rings. The Kier molecular flexibility index (Phi) is 7.58. The van der Waals surface area contributed by atoms with E-state index < -0.39 is 0 Å². The van der Waals surface area contributed by atoms with Crippen molar-refractivity contribution in [2.24, 2.45) is 0 Å². The van der Waals surface area contributed by atoms with Crippen molar-refractivity contribution in [1.29, 1.82) is 0 Å². The number of carbonyl (C=O) groups is 1. The topological polar surface area (TPSA) is 54.5 Å². The van der Waals surface area contributed by atoms with E-state index >= 15 is 0 Å². The van der Waals surface area contributed by atoms with Crippen LogP contribution >= 0.6 is 11.5 Å². The fourth-order valence-corrected chi connectivity index (χ4v) is 3.52. The monoisotopic (exact) mass is 395 g/mol. The highest BCUT2D eigenvalue weighted by Gasteiger charge is 2.15. The molecule has 0 saturated heterocycles. The summed E-state index contributed by atoms with van der Waals surface area (Å²) in [5.74, 6) is 0. The van der Waals surface area contributed by atoms with Crippen LogP contribution in [0.3, 0.4) is 0 Å². The number of urea groups is 1. The number of rotatable bonds is 9. The molecule has 146 valence electrons. The molecule has 0 fully saturated rings. The number of hydrogen-bond donors (Lipinski definition) is 1. The Morgan fingerprint density at radius 2 is 1.79 bits per heavy atom. The van der Waals surface area contributed by atoms with Gasteiger partial charge in [-0.1, -0.05) is 60.7 Å². The second-order valence-electron chi connectivity index (χ2n) is 6.48. The predicted octanol–water partition coefficient (Wildman–Crippen LogP) is 5.27. The Hall–Kier alpha value is -2.70. The van der Waals surface area contributed by atoms with Crippen LogP contribution in [0.15, 0.2) is 66.7 Å². The Bertz CT molecular complexity index is 852. The van der Waals surface area contributed by atoms with Crippen molar-refractivity contribution in [3.63, 3.8) is 0 Å². The summed E-state index contributed by atoms with van der Waals surface area (Å²) in [4.78, 5) is 14.7. The van der Waals surface area contributed by atoms with Gasteiger partial charge in [-0.25, -0.2) is 4.79 Å². The summed E-state index contributed by atoms with van der Waals surface area (Å²) in [7, 11) is 1.70. The molecular weight excluding hydrogens is 370 g/mol. The van der Waals surface area contributed by atoms with Crippen molar-refractivity contribution in [3.05, 3.63) is 72.3 Å². The Morgan fingerprint density at radius 3 is 2.50 bits per heavy atom. The van der Waals surface area contributed by atoms with Crippen molar-refractivity contribution >= 4 is 22.6 Å². The highest BCUT2D eigenvalue weighted by Crippen LogP contribution is 2.25. The van der Waals surface area contributed by atoms with E-state index in [1.54, 1.807) is 7.11 Å². The molecule has 0 aliphatic carbocycles. The van der Waals surface area contributed by atoms with Gasteiger partial charge >= 0.3 is 6.03 Å². The number of anilines is 1. The molecule has 0 saturated carbocycles. The Labute approximate surface area is 170 Å². The fourth-order valence-electron chi connectivity index (χ4n) is 2.87. The Morgan fingerprint density at radius 1 is 1.07 bits per heavy atom. The number of benzene rings is 2. The standard InChI is InChI=1S/C22H25N3O2S/c1-27-15-9-8-14-25(17-18-10-4-2-5-11-18)22(26)23-21-16-20(24-28-21)19-12-6-3-7-13-19/h2-7,10-13,16H,8-9,14-15,17H2,1H3,(H,23,26). The molecule has 0 unspecified atom stereocenters. The van der Waals surface area contributed by atoms with E-state index in [0.29, 0.717) is 19.7 Å². The smallest absolute Gasteiger partial charge is 0.322 e. The second kappa shape index (κ2) is 10.6. The van der Waals surface area contributed by atoms with E-state index in [4.69, 9.17) is 4.74 Å². The molecule has 2 aromatic carbocycles. The molecule has 0 bridgehead atoms. The first kappa shape index (κ1) is 20.0. The molecule has 1 aromatic heterocycles. The largest absolute Gasteiger partial charge is 0.385 e. The lowest BCUT2D eigenvalue weighted by Crippen LogP contribution is -2.35. The fraction of sp³-hybridized carbons (Fsp3) is 0.273. The van der Waals surface area contributed by atoms with E-state index in [-0.39, 0.29) is 6.03 Å². The van der Waals surface area contributed by atoms with Gasteiger partial charge in [0.15, 0.2) is 0 Å². The van der Waals surface area contributed by atoms with Gasteiger partial charge in [0.1, 0.15) is 5.00 Å². The third-order valence-electron chi connectivity index (χ3n) is 4.34. The Balaban J connectivity index is 1.65. The zero-order valence-corrected chi connectivity index (χ0v) is 16.8. The molecular formula is C22H25N3O2S. The van der Waals surface area contributed by atoms with Crippen molar-refractivity contribution in [3.8, 4) is 11.3 Å². The van der Waals surface area contributed by atoms with Crippen molar-refractivity contribution in [2.75, 3.05) is 25.6 Å². The zero-order chi connectivity index (χ0) is 19.6. The molecule has 0 spiro atoms. The molecule has 2 amide bonds. The lowest BCUT2D eigenvalue weighted by molar-refractivity contribution is 0.182. The van der Waals surface area contributed by atoms with Gasteiger partial charge in [-0.15, -0.1) is 0 Å². The second-order valence-corrected chi connectivity index (χ2v) is 7.28. The quantitative estimate of drug-likeness (QED) is 0.502. The number of carbonyl (C=O) groups excluding carboxylic acids is 1. The van der Waals surface area contributed by atoms with Crippen LogP contribution in [-0.2, 0) is 11.3 Å². The number of hydrogen-bond acceptors (Lipinski definition) is 4. The highest BCUT2D eigenvalue weighted by atomic mass is 32.1. The number of aromatic nitrogens is 1. The van der Waals surface area contributed by atoms with Crippen molar-refractivity contribution in [2.45, 2.75) is 19.4 Å². The van der Waals surface area contributed by atoms with Crippen LogP contribution in [0, 0.1) is 0 Å². The summed E-state index contributed by atoms with van der Waals surface area (Å²) in [5.41, 5.74) is 3.02. The van der Waals surface area contributed by atoms with E-state index in [1.165, 1.54) is 11.5 Å². The van der Waals surface area contributed by atoms with Gasteiger partial charge in [-0.3, -0.25) is 5.32 Å². The number of methoxy groups -OCH3 is 1. The molecule has 3 rings (SSSR count). The molecule has 1 N–H and O–H groups in total. The van der Waals surface area contributed by atoms with Crippen LogP contribution in [0.4, 0.5) is 9.80 Å². The molecule has 28 heavy (non-hydrogen) atoms. The first-order valence-electron chi connectivity index (χ1n) is 9.37. The first-order valence-corrected chi connectivity index (χ1v) is 10.1. The third-order valence-corrected chi connectivity index (χ3v) is 5.04. The van der Waals surface area contributed by atoms with Crippen LogP contribution in [0.25, 0.3) is 11.3 Å². The summed E-state index contributed by atoms with van der Waals surface area (Å²) in [6.07, 6.45) is 1.82. The molecule has 6 heteroatoms. The van der Waals surface area contributed by atoms with Crippen molar-refractivity contribution < 1.29 is 9.53 Å². The van der Waals surface area contributed by atoms with Crippen molar-refractivity contribution in [1.82, 2.24) is 9.27 Å². The first-order chi connectivity index (χ1) is 13.8. The minimum atomic E-state index is -0.107. The number of ether oxygens (including phenoxy) is 1. The normalized spacial score (nSPS) is 10.6. The summed E-state index contributed by atoms with van der Waals surface area (Å²) in [6.45, 7) is 1.95. The van der Waals surface area contributed by atoms with Gasteiger partial charge in [0.2, 0.25) is 0 Å². The maximum Gasteiger partial charge on any atom is 0.322 e. The van der Waals surface area contributed by atoms with Gasteiger partial charge in [0.05, 0.1) is 5.69 Å². The van der Waals surface area contributed by atoms with Crippen LogP contribution in [0.2, 0.25) is 0 Å². The lowest BCUT2D eigenvalue weighted by Gasteiger charge is -2.23. The van der Waals surface area contributed by atoms with Gasteiger partial charge < -0.3 is 9.64 Å². The highest BCUT2D eigenvalue weighted by molar-refractivity contribution is 7.10. The summed E-state index contributed by atoms with van der Waals surface area (Å²) in [6, 6.07) is 21.8. The maximum atomic E-state index is 12.9. The van der Waals surface area contributed by atoms with Gasteiger partial charge in [-0.2, -0.15) is 4.37 Å². The molecule has 1 heterocycles. The number of unbranched alkanes of at least 4 members (excludes halogenated alkanes) is 1. The van der Waals surface area contributed by atoms with Gasteiger partial charge in [-0.05, 0) is 29.9 Å². The van der Waals surface area contributed by atoms with Crippen LogP contribution in [-0.4, -0.2) is 35.6 Å². The van der Waals surface area contributed by atoms with Crippen LogP contribution in [0.5, 0.6) is 0 Å². The van der Waals surface area contributed by atoms with E-state index in [1.807, 2.05) is 71.6 Å². The maximum absolute atomic E-state index is 12.9. The van der Waals surface area contributed by atoms with Crippen LogP contribution in [0.1, 0.15) is 18.4 Å². The average Bonchev–Trinajstić information content (AvgIpc) is 3.20. The summed E-state index contributed by atoms with van der Waals surface area (Å²) in [5, 5.41) is 3.75. The van der Waals surface area contributed by atoms with E-state index in [0.717, 1.165) is 34.7 Å². The number of nitrogens with one attached hydrogen (secondary N) is 1. The number of amides is 2.